The fourth-order valence-electron chi connectivity index (χ4n) is 3.20. The molecular weight excluding hydrogens is 496 g/mol. The Morgan fingerprint density at radius 3 is 2.67 bits per heavy atom. The van der Waals surface area contributed by atoms with Gasteiger partial charge in [0.1, 0.15) is 5.69 Å². The Morgan fingerprint density at radius 1 is 1.28 bits per heavy atom. The number of ether oxygens (including phenoxy) is 2. The molecule has 1 atom stereocenters. The molecule has 0 saturated carbocycles. The van der Waals surface area contributed by atoms with Gasteiger partial charge < -0.3 is 24.9 Å². The molecule has 2 aromatic heterocycles. The second kappa shape index (κ2) is 11.9. The average Bonchev–Trinajstić information content (AvgIpc) is 3.26. The Kier molecular flexibility index (Phi) is 8.88. The predicted molar refractivity (Wildman–Crippen MR) is 129 cm³/mol. The maximum absolute atomic E-state index is 14.6. The van der Waals surface area contributed by atoms with E-state index in [1.165, 1.54) is 44.4 Å². The lowest BCUT2D eigenvalue weighted by atomic mass is 9.99. The van der Waals surface area contributed by atoms with Gasteiger partial charge in [0.25, 0.3) is 11.8 Å². The summed E-state index contributed by atoms with van der Waals surface area (Å²) in [5, 5.41) is 10.3. The van der Waals surface area contributed by atoms with Crippen molar-refractivity contribution in [2.24, 2.45) is 10.7 Å². The van der Waals surface area contributed by atoms with Gasteiger partial charge in [-0.3, -0.25) is 9.79 Å². The summed E-state index contributed by atoms with van der Waals surface area (Å²) in [7, 11) is 3.02. The van der Waals surface area contributed by atoms with E-state index in [1.807, 2.05) is 0 Å². The number of aromatic nitrogens is 4. The number of amides is 1. The van der Waals surface area contributed by atoms with Crippen LogP contribution in [-0.4, -0.2) is 56.8 Å². The first-order valence-corrected chi connectivity index (χ1v) is 11.4. The minimum atomic E-state index is -1.12. The van der Waals surface area contributed by atoms with Gasteiger partial charge in [0.05, 0.1) is 19.0 Å². The van der Waals surface area contributed by atoms with E-state index in [1.54, 1.807) is 13.8 Å². The second-order valence-electron chi connectivity index (χ2n) is 7.85. The molecule has 0 bridgehead atoms. The lowest BCUT2D eigenvalue weighted by molar-refractivity contribution is 0.102. The molecule has 11 nitrogen and oxygen atoms in total. The summed E-state index contributed by atoms with van der Waals surface area (Å²) in [6, 6.07) is 2.23. The van der Waals surface area contributed by atoms with E-state index in [0.717, 1.165) is 6.07 Å². The molecule has 192 valence electrons. The summed E-state index contributed by atoms with van der Waals surface area (Å²) in [5.74, 6) is -2.03. The van der Waals surface area contributed by atoms with Gasteiger partial charge >= 0.3 is 0 Å². The summed E-state index contributed by atoms with van der Waals surface area (Å²) in [4.78, 5) is 24.5. The number of nitrogens with one attached hydrogen (secondary N) is 1. The third-order valence-electron chi connectivity index (χ3n) is 4.72. The number of halogens is 2. The van der Waals surface area contributed by atoms with Crippen LogP contribution in [0.1, 0.15) is 34.8 Å². The number of hydrogen-bond acceptors (Lipinski definition) is 10. The number of anilines is 1. The summed E-state index contributed by atoms with van der Waals surface area (Å²) >= 11 is 1.19. The molecule has 1 aromatic carbocycles. The van der Waals surface area contributed by atoms with Crippen molar-refractivity contribution in [2.45, 2.75) is 31.6 Å². The second-order valence-corrected chi connectivity index (χ2v) is 9.46. The molecule has 3 N–H and O–H groups in total. The van der Waals surface area contributed by atoms with Gasteiger partial charge in [-0.05, 0) is 25.0 Å². The largest absolute Gasteiger partial charge is 0.466 e. The van der Waals surface area contributed by atoms with E-state index >= 15 is 0 Å². The fourth-order valence-corrected chi connectivity index (χ4v) is 4.20. The SMILES string of the molecule is CN=C(N)S[C@@](C)(COC)Cc1cc(NC(=O)c2cnc(OCc3nnc(C)o3)cn2)cc(F)c1F. The highest BCUT2D eigenvalue weighted by Crippen LogP contribution is 2.32. The van der Waals surface area contributed by atoms with E-state index in [4.69, 9.17) is 19.6 Å². The molecule has 0 unspecified atom stereocenters. The summed E-state index contributed by atoms with van der Waals surface area (Å²) in [6.07, 6.45) is 2.48. The molecular formula is C22H25F2N7O4S. The number of thioether (sulfide) groups is 1. The van der Waals surface area contributed by atoms with E-state index < -0.39 is 22.3 Å². The summed E-state index contributed by atoms with van der Waals surface area (Å²) in [6.45, 7) is 3.62. The molecule has 1 amide bonds. The number of nitrogens with zero attached hydrogens (tertiary/aromatic N) is 5. The standard InChI is InChI=1S/C22H25F2N7O4S/c1-12-30-31-18(35-12)10-34-17-9-27-16(8-28-17)20(32)29-14-5-13(19(24)15(23)6-14)7-22(2,11-33-4)36-21(25)26-3/h5-6,8-9H,7,10-11H2,1-4H3,(H2,25,26)(H,29,32)/t22-/m1/s1. The number of benzene rings is 1. The van der Waals surface area contributed by atoms with Crippen molar-refractivity contribution < 1.29 is 27.5 Å². The minimum absolute atomic E-state index is 0.0191. The van der Waals surface area contributed by atoms with Crippen molar-refractivity contribution in [2.75, 3.05) is 26.1 Å². The molecule has 0 spiro atoms. The molecule has 0 aliphatic carbocycles. The van der Waals surface area contributed by atoms with E-state index in [9.17, 15) is 13.6 Å². The van der Waals surface area contributed by atoms with Crippen LogP contribution in [0.15, 0.2) is 33.9 Å². The first-order valence-electron chi connectivity index (χ1n) is 10.6. The van der Waals surface area contributed by atoms with E-state index in [-0.39, 0.29) is 53.5 Å². The molecule has 14 heteroatoms. The highest BCUT2D eigenvalue weighted by atomic mass is 32.2. The van der Waals surface area contributed by atoms with E-state index in [0.29, 0.717) is 5.89 Å². The predicted octanol–water partition coefficient (Wildman–Crippen LogP) is 2.90. The van der Waals surface area contributed by atoms with Gasteiger partial charge in [0.2, 0.25) is 11.8 Å². The molecule has 0 fully saturated rings. The zero-order valence-electron chi connectivity index (χ0n) is 20.0. The van der Waals surface area contributed by atoms with Crippen molar-refractivity contribution in [3.63, 3.8) is 0 Å². The number of methoxy groups -OCH3 is 1. The molecule has 2 heterocycles. The molecule has 0 radical (unpaired) electrons. The number of nitrogens with two attached hydrogens (primary N) is 1. The van der Waals surface area contributed by atoms with Crippen molar-refractivity contribution in [3.05, 3.63) is 59.2 Å². The fraction of sp³-hybridized carbons (Fsp3) is 0.364. The maximum atomic E-state index is 14.6. The maximum Gasteiger partial charge on any atom is 0.275 e. The third kappa shape index (κ3) is 7.18. The Hall–Kier alpha value is -3.65. The summed E-state index contributed by atoms with van der Waals surface area (Å²) in [5.41, 5.74) is 5.85. The highest BCUT2D eigenvalue weighted by molar-refractivity contribution is 8.15. The van der Waals surface area contributed by atoms with Crippen LogP contribution in [0, 0.1) is 18.6 Å². The molecule has 3 aromatic rings. The van der Waals surface area contributed by atoms with Crippen LogP contribution in [-0.2, 0) is 17.8 Å². The van der Waals surface area contributed by atoms with Crippen LogP contribution in [0.4, 0.5) is 14.5 Å². The zero-order chi connectivity index (χ0) is 26.3. The molecule has 0 aliphatic heterocycles. The van der Waals surface area contributed by atoms with Gasteiger partial charge in [-0.2, -0.15) is 0 Å². The smallest absolute Gasteiger partial charge is 0.275 e. The Morgan fingerprint density at radius 2 is 2.06 bits per heavy atom. The van der Waals surface area contributed by atoms with Crippen LogP contribution in [0.25, 0.3) is 0 Å². The molecule has 36 heavy (non-hydrogen) atoms. The molecule has 0 aliphatic rings. The summed E-state index contributed by atoms with van der Waals surface area (Å²) < 4.78 is 44.1. The van der Waals surface area contributed by atoms with Gasteiger partial charge in [-0.1, -0.05) is 11.8 Å². The van der Waals surface area contributed by atoms with Gasteiger partial charge in [0, 0.05) is 37.6 Å². The monoisotopic (exact) mass is 521 g/mol. The normalized spacial score (nSPS) is 13.3. The number of aliphatic imine (C=N–C) groups is 1. The Balaban J connectivity index is 1.71. The minimum Gasteiger partial charge on any atom is -0.466 e. The lowest BCUT2D eigenvalue weighted by Gasteiger charge is -2.28. The zero-order valence-corrected chi connectivity index (χ0v) is 20.9. The van der Waals surface area contributed by atoms with Crippen LogP contribution in [0.5, 0.6) is 5.88 Å². The first-order chi connectivity index (χ1) is 17.1. The highest BCUT2D eigenvalue weighted by Gasteiger charge is 2.30. The van der Waals surface area contributed by atoms with Crippen molar-refractivity contribution >= 4 is 28.5 Å². The Labute approximate surface area is 209 Å². The number of rotatable bonds is 10. The number of hydrogen-bond donors (Lipinski definition) is 2. The van der Waals surface area contributed by atoms with E-state index in [2.05, 4.69) is 30.5 Å². The number of aryl methyl sites for hydroxylation is 1. The van der Waals surface area contributed by atoms with Crippen LogP contribution in [0.3, 0.4) is 0 Å². The molecule has 0 saturated heterocycles. The number of amidine groups is 1. The Bertz CT molecular complexity index is 1240. The van der Waals surface area contributed by atoms with Crippen LogP contribution in [0.2, 0.25) is 0 Å². The van der Waals surface area contributed by atoms with Gasteiger partial charge in [0.15, 0.2) is 23.4 Å². The van der Waals surface area contributed by atoms with Crippen molar-refractivity contribution in [3.8, 4) is 5.88 Å². The average molecular weight is 522 g/mol. The number of carbonyl (C=O) groups is 1. The van der Waals surface area contributed by atoms with Crippen molar-refractivity contribution in [1.82, 2.24) is 20.2 Å². The van der Waals surface area contributed by atoms with Gasteiger partial charge in [-0.25, -0.2) is 18.7 Å². The van der Waals surface area contributed by atoms with Crippen LogP contribution >= 0.6 is 11.8 Å². The number of carbonyl (C=O) groups excluding carboxylic acids is 1. The lowest BCUT2D eigenvalue weighted by Crippen LogP contribution is -2.33. The van der Waals surface area contributed by atoms with Crippen LogP contribution < -0.4 is 15.8 Å². The third-order valence-corrected chi connectivity index (χ3v) is 5.87. The quantitative estimate of drug-likeness (QED) is 0.301. The van der Waals surface area contributed by atoms with Gasteiger partial charge in [-0.15, -0.1) is 10.2 Å². The first kappa shape index (κ1) is 26.9. The topological polar surface area (TPSA) is 151 Å². The van der Waals surface area contributed by atoms with Crippen molar-refractivity contribution in [1.29, 1.82) is 0 Å². The molecule has 3 rings (SSSR count).